The van der Waals surface area contributed by atoms with Gasteiger partial charge in [0.1, 0.15) is 42.4 Å². The fourth-order valence-corrected chi connectivity index (χ4v) is 7.24. The molecule has 5 rings (SSSR count). The van der Waals surface area contributed by atoms with Crippen LogP contribution in [0.15, 0.2) is 37.2 Å². The van der Waals surface area contributed by atoms with Crippen LogP contribution in [0.5, 0.6) is 0 Å². The van der Waals surface area contributed by atoms with E-state index in [1.807, 2.05) is 0 Å². The first kappa shape index (κ1) is 34.8. The van der Waals surface area contributed by atoms with Crippen molar-refractivity contribution in [2.24, 2.45) is 0 Å². The van der Waals surface area contributed by atoms with Gasteiger partial charge in [0.05, 0.1) is 25.2 Å². The van der Waals surface area contributed by atoms with E-state index in [9.17, 15) is 38.8 Å². The molecule has 2 fully saturated rings. The molecule has 2 unspecified atom stereocenters. The van der Waals surface area contributed by atoms with Crippen molar-refractivity contribution in [3.8, 4) is 0 Å². The number of fused-ring (bicyclic) bond motifs is 1. The van der Waals surface area contributed by atoms with Crippen molar-refractivity contribution in [1.82, 2.24) is 19.5 Å². The van der Waals surface area contributed by atoms with Gasteiger partial charge in [-0.25, -0.2) is 28.6 Å². The molecular weight excluding hydrogens is 687 g/mol. The molecule has 2 aliphatic heterocycles. The second kappa shape index (κ2) is 13.2. The lowest BCUT2D eigenvalue weighted by molar-refractivity contribution is -0.765. The van der Waals surface area contributed by atoms with Crippen LogP contribution in [0.3, 0.4) is 0 Å². The first-order valence-corrected chi connectivity index (χ1v) is 17.4. The van der Waals surface area contributed by atoms with Crippen molar-refractivity contribution < 1.29 is 80.5 Å². The number of nitrogens with two attached hydrogens (primary N) is 2. The standard InChI is InChI=1S/C20H28N7O16P3/c21-9-2-1-3-26(4-9)19-15(30)13(28)10(40-19)5-38-45(34,35)42-16-14(29)11(6-39-46(36,37)43-44(31,32)33)41-20(16)27-8-25-12-17(22)23-7-24-18(12)27/h1-4,7-8,10-11,13-16,19-20,28-30H,5-6,21H2,(H5-,22,23,24,31,32,33,34,35,36,37)/p+1/t10-,11-,13-,14-,15-,16-,19-,20-/m1/s1. The van der Waals surface area contributed by atoms with E-state index < -0.39 is 85.8 Å². The van der Waals surface area contributed by atoms with Crippen LogP contribution in [0.25, 0.3) is 11.2 Å². The van der Waals surface area contributed by atoms with Crippen LogP contribution in [0.4, 0.5) is 11.5 Å². The number of aliphatic hydroxyl groups excluding tert-OH is 3. The van der Waals surface area contributed by atoms with Gasteiger partial charge in [-0.3, -0.25) is 18.1 Å². The maximum Gasteiger partial charge on any atom is 0.481 e. The number of nitrogens with zero attached hydrogens (tertiary/aromatic N) is 5. The van der Waals surface area contributed by atoms with Gasteiger partial charge in [0.25, 0.3) is 6.23 Å². The molecular formula is C20H29N7O16P3+. The van der Waals surface area contributed by atoms with E-state index in [1.165, 1.54) is 17.0 Å². The predicted octanol–water partition coefficient (Wildman–Crippen LogP) is -2.42. The van der Waals surface area contributed by atoms with Gasteiger partial charge in [0.15, 0.2) is 36.2 Å². The van der Waals surface area contributed by atoms with E-state index >= 15 is 0 Å². The normalized spacial score (nSPS) is 31.2. The zero-order chi connectivity index (χ0) is 33.6. The van der Waals surface area contributed by atoms with Gasteiger partial charge in [-0.05, 0) is 6.07 Å². The molecule has 0 saturated carbocycles. The van der Waals surface area contributed by atoms with E-state index in [0.717, 1.165) is 17.2 Å². The van der Waals surface area contributed by atoms with Crippen LogP contribution in [-0.2, 0) is 41.1 Å². The minimum Gasteiger partial charge on any atom is -0.394 e. The van der Waals surface area contributed by atoms with E-state index in [4.69, 9.17) is 39.8 Å². The Hall–Kier alpha value is -2.53. The zero-order valence-corrected chi connectivity index (χ0v) is 25.7. The number of phosphoric acid groups is 3. The number of anilines is 2. The summed E-state index contributed by atoms with van der Waals surface area (Å²) >= 11 is 0. The van der Waals surface area contributed by atoms with Crippen molar-refractivity contribution in [3.63, 3.8) is 0 Å². The van der Waals surface area contributed by atoms with Crippen molar-refractivity contribution in [3.05, 3.63) is 37.2 Å². The van der Waals surface area contributed by atoms with E-state index in [1.54, 1.807) is 12.1 Å². The first-order chi connectivity index (χ1) is 21.4. The Kier molecular flexibility index (Phi) is 9.96. The molecule has 0 aromatic carbocycles. The zero-order valence-electron chi connectivity index (χ0n) is 23.0. The van der Waals surface area contributed by atoms with Gasteiger partial charge in [0.2, 0.25) is 0 Å². The van der Waals surface area contributed by atoms with Crippen LogP contribution in [-0.4, -0.2) is 104 Å². The molecule has 3 aromatic heterocycles. The number of aromatic nitrogens is 5. The third kappa shape index (κ3) is 7.77. The largest absolute Gasteiger partial charge is 0.481 e. The Morgan fingerprint density at radius 1 is 0.913 bits per heavy atom. The maximum atomic E-state index is 13.1. The molecule has 2 aliphatic rings. The van der Waals surface area contributed by atoms with Gasteiger partial charge >= 0.3 is 23.5 Å². The van der Waals surface area contributed by atoms with E-state index in [0.29, 0.717) is 5.69 Å². The SMILES string of the molecule is Nc1ccc[n+]([C@@H]2O[C@H](COP(=O)(O)O[C@@H]3[C@H](O)[C@@H](COP(=O)(O)OP(=O)(O)O)O[C@H]3n3cnc4c(N)ncnc43)[C@@H](O)[C@H]2O)c1. The number of phosphoric ester groups is 2. The molecule has 0 amide bonds. The smallest absolute Gasteiger partial charge is 0.394 e. The molecule has 10 atom stereocenters. The summed E-state index contributed by atoms with van der Waals surface area (Å²) < 4.78 is 68.4. The van der Waals surface area contributed by atoms with Crippen molar-refractivity contribution in [1.29, 1.82) is 0 Å². The van der Waals surface area contributed by atoms with Gasteiger partial charge in [-0.15, -0.1) is 0 Å². The number of nitrogen functional groups attached to an aromatic ring is 2. The lowest BCUT2D eigenvalue weighted by Crippen LogP contribution is -2.45. The predicted molar refractivity (Wildman–Crippen MR) is 146 cm³/mol. The number of ether oxygens (including phenoxy) is 2. The quantitative estimate of drug-likeness (QED) is 0.0695. The number of hydrogen-bond donors (Lipinski definition) is 9. The van der Waals surface area contributed by atoms with Crippen molar-refractivity contribution >= 4 is 46.1 Å². The summed E-state index contributed by atoms with van der Waals surface area (Å²) in [7, 11) is -16.1. The van der Waals surface area contributed by atoms with Crippen LogP contribution < -0.4 is 16.0 Å². The molecule has 254 valence electrons. The highest BCUT2D eigenvalue weighted by Gasteiger charge is 2.52. The molecule has 26 heteroatoms. The molecule has 0 radical (unpaired) electrons. The van der Waals surface area contributed by atoms with Gasteiger partial charge in [-0.2, -0.15) is 8.88 Å². The lowest BCUT2D eigenvalue weighted by atomic mass is 10.1. The fraction of sp³-hybridized carbons (Fsp3) is 0.500. The van der Waals surface area contributed by atoms with Gasteiger partial charge in [0, 0.05) is 6.07 Å². The van der Waals surface area contributed by atoms with Gasteiger partial charge in [-0.1, -0.05) is 0 Å². The topological polar surface area (TPSA) is 348 Å². The minimum absolute atomic E-state index is 0.00720. The number of aliphatic hydroxyl groups is 3. The number of hydrogen-bond acceptors (Lipinski definition) is 17. The summed E-state index contributed by atoms with van der Waals surface area (Å²) in [5.41, 5.74) is 12.0. The Balaban J connectivity index is 1.33. The monoisotopic (exact) mass is 716 g/mol. The highest BCUT2D eigenvalue weighted by molar-refractivity contribution is 7.60. The average molecular weight is 716 g/mol. The summed E-state index contributed by atoms with van der Waals surface area (Å²) in [6, 6.07) is 3.14. The Labute approximate surface area is 257 Å². The van der Waals surface area contributed by atoms with Crippen LogP contribution >= 0.6 is 23.5 Å². The second-order valence-corrected chi connectivity index (χ2v) is 14.2. The first-order valence-electron chi connectivity index (χ1n) is 12.9. The Morgan fingerprint density at radius 2 is 1.59 bits per heavy atom. The fourth-order valence-electron chi connectivity index (χ4n) is 4.71. The molecule has 46 heavy (non-hydrogen) atoms. The van der Waals surface area contributed by atoms with Crippen molar-refractivity contribution in [2.45, 2.75) is 49.1 Å². The average Bonchev–Trinajstić information content (AvgIpc) is 3.60. The number of rotatable bonds is 12. The highest BCUT2D eigenvalue weighted by atomic mass is 31.3. The molecule has 2 saturated heterocycles. The summed E-state index contributed by atoms with van der Waals surface area (Å²) in [5, 5.41) is 32.0. The van der Waals surface area contributed by atoms with E-state index in [-0.39, 0.29) is 17.0 Å². The molecule has 0 spiro atoms. The number of imidazole rings is 1. The molecule has 3 aromatic rings. The van der Waals surface area contributed by atoms with Gasteiger partial charge < -0.3 is 55.8 Å². The molecule has 23 nitrogen and oxygen atoms in total. The molecule has 5 heterocycles. The lowest BCUT2D eigenvalue weighted by Gasteiger charge is -2.24. The second-order valence-electron chi connectivity index (χ2n) is 9.94. The third-order valence-electron chi connectivity index (χ3n) is 6.72. The summed E-state index contributed by atoms with van der Waals surface area (Å²) in [6.07, 6.45) is -7.45. The summed E-state index contributed by atoms with van der Waals surface area (Å²) in [6.45, 7) is -1.84. The minimum atomic E-state index is -5.48. The van der Waals surface area contributed by atoms with Crippen molar-refractivity contribution in [2.75, 3.05) is 24.7 Å². The highest BCUT2D eigenvalue weighted by Crippen LogP contribution is 2.58. The maximum absolute atomic E-state index is 13.1. The van der Waals surface area contributed by atoms with Crippen LogP contribution in [0.1, 0.15) is 12.5 Å². The van der Waals surface area contributed by atoms with Crippen LogP contribution in [0.2, 0.25) is 0 Å². The Morgan fingerprint density at radius 3 is 2.26 bits per heavy atom. The number of pyridine rings is 1. The molecule has 0 bridgehead atoms. The summed E-state index contributed by atoms with van der Waals surface area (Å²) in [4.78, 5) is 49.7. The third-order valence-corrected chi connectivity index (χ3v) is 9.86. The van der Waals surface area contributed by atoms with E-state index in [2.05, 4.69) is 23.8 Å². The Bertz CT molecular complexity index is 1710. The molecule has 11 N–H and O–H groups in total. The van der Waals surface area contributed by atoms with Crippen LogP contribution in [0, 0.1) is 0 Å². The molecule has 0 aliphatic carbocycles. The summed E-state index contributed by atoms with van der Waals surface area (Å²) in [5.74, 6) is -0.0569.